The Kier molecular flexibility index (Phi) is 4.53. The van der Waals surface area contributed by atoms with Crippen LogP contribution in [-0.2, 0) is 25.1 Å². The maximum Gasteiger partial charge on any atom is 0.263 e. The molecule has 2 aliphatic rings. The van der Waals surface area contributed by atoms with Gasteiger partial charge in [0.25, 0.3) is 5.56 Å². The number of nitrogens with zero attached hydrogens (tertiary/aromatic N) is 4. The first-order valence-corrected chi connectivity index (χ1v) is 12.1. The molecule has 6 rings (SSSR count). The Morgan fingerprint density at radius 2 is 2.13 bits per heavy atom. The van der Waals surface area contributed by atoms with E-state index in [2.05, 4.69) is 10.1 Å². The third-order valence-electron chi connectivity index (χ3n) is 5.67. The number of thioether (sulfide) groups is 1. The van der Waals surface area contributed by atoms with Crippen molar-refractivity contribution in [1.82, 2.24) is 19.7 Å². The summed E-state index contributed by atoms with van der Waals surface area (Å²) in [6.07, 6.45) is 8.20. The number of hydrogen-bond acceptors (Lipinski definition) is 8. The van der Waals surface area contributed by atoms with Crippen molar-refractivity contribution in [3.63, 3.8) is 0 Å². The Balaban J connectivity index is 1.39. The number of furan rings is 1. The van der Waals surface area contributed by atoms with Gasteiger partial charge in [-0.05, 0) is 56.2 Å². The Bertz CT molecular complexity index is 1270. The van der Waals surface area contributed by atoms with E-state index in [1.165, 1.54) is 28.6 Å². The fourth-order valence-corrected chi connectivity index (χ4v) is 6.12. The lowest BCUT2D eigenvalue weighted by Crippen LogP contribution is -2.24. The summed E-state index contributed by atoms with van der Waals surface area (Å²) in [4.78, 5) is 25.1. The number of thiophene rings is 1. The van der Waals surface area contributed by atoms with Gasteiger partial charge in [-0.25, -0.2) is 4.98 Å². The molecule has 4 heterocycles. The highest BCUT2D eigenvalue weighted by atomic mass is 32.2. The van der Waals surface area contributed by atoms with E-state index in [0.717, 1.165) is 54.0 Å². The molecule has 0 aromatic carbocycles. The molecule has 7 nitrogen and oxygen atoms in total. The second kappa shape index (κ2) is 7.39. The molecule has 0 bridgehead atoms. The molecule has 4 aromatic rings. The minimum Gasteiger partial charge on any atom is -0.467 e. The Labute approximate surface area is 180 Å². The highest BCUT2D eigenvalue weighted by Crippen LogP contribution is 2.39. The van der Waals surface area contributed by atoms with Crippen molar-refractivity contribution in [3.8, 4) is 0 Å². The molecule has 154 valence electrons. The molecule has 1 saturated carbocycles. The molecule has 4 aromatic heterocycles. The van der Waals surface area contributed by atoms with Crippen molar-refractivity contribution >= 4 is 33.3 Å². The van der Waals surface area contributed by atoms with E-state index in [9.17, 15) is 4.79 Å². The highest BCUT2D eigenvalue weighted by Gasteiger charge is 2.29. The first-order valence-electron chi connectivity index (χ1n) is 10.3. The number of hydrogen-bond donors (Lipinski definition) is 0. The van der Waals surface area contributed by atoms with Crippen molar-refractivity contribution in [2.75, 3.05) is 0 Å². The molecule has 0 amide bonds. The Morgan fingerprint density at radius 3 is 2.97 bits per heavy atom. The fraction of sp³-hybridized carbons (Fsp3) is 0.429. The van der Waals surface area contributed by atoms with E-state index < -0.39 is 0 Å². The lowest BCUT2D eigenvalue weighted by atomic mass is 9.97. The van der Waals surface area contributed by atoms with Crippen molar-refractivity contribution in [1.29, 1.82) is 0 Å². The van der Waals surface area contributed by atoms with Gasteiger partial charge in [-0.3, -0.25) is 9.36 Å². The van der Waals surface area contributed by atoms with E-state index in [-0.39, 0.29) is 5.56 Å². The molecule has 0 aliphatic heterocycles. The number of aryl methyl sites for hydroxylation is 2. The second-order valence-corrected chi connectivity index (χ2v) is 9.89. The lowest BCUT2D eigenvalue weighted by Gasteiger charge is -2.12. The zero-order chi connectivity index (χ0) is 20.1. The van der Waals surface area contributed by atoms with E-state index in [4.69, 9.17) is 13.9 Å². The monoisotopic (exact) mass is 440 g/mol. The molecule has 1 fully saturated rings. The van der Waals surface area contributed by atoms with Crippen molar-refractivity contribution < 1.29 is 8.94 Å². The normalized spacial score (nSPS) is 16.3. The van der Waals surface area contributed by atoms with Gasteiger partial charge in [0.2, 0.25) is 5.89 Å². The maximum atomic E-state index is 13.5. The van der Waals surface area contributed by atoms with Crippen LogP contribution < -0.4 is 5.56 Å². The number of rotatable bonds is 6. The quantitative estimate of drug-likeness (QED) is 0.321. The topological polar surface area (TPSA) is 87.0 Å². The number of aromatic nitrogens is 4. The summed E-state index contributed by atoms with van der Waals surface area (Å²) >= 11 is 3.15. The van der Waals surface area contributed by atoms with Crippen LogP contribution >= 0.6 is 23.1 Å². The van der Waals surface area contributed by atoms with Crippen LogP contribution in [0.4, 0.5) is 0 Å². The van der Waals surface area contributed by atoms with Crippen LogP contribution in [0.15, 0.2) is 37.3 Å². The average molecular weight is 441 g/mol. The van der Waals surface area contributed by atoms with E-state index in [1.54, 1.807) is 22.2 Å². The van der Waals surface area contributed by atoms with Gasteiger partial charge in [0.15, 0.2) is 11.0 Å². The van der Waals surface area contributed by atoms with Crippen LogP contribution in [-0.4, -0.2) is 19.7 Å². The highest BCUT2D eigenvalue weighted by molar-refractivity contribution is 7.98. The van der Waals surface area contributed by atoms with Crippen LogP contribution in [0, 0.1) is 0 Å². The zero-order valence-corrected chi connectivity index (χ0v) is 17.9. The van der Waals surface area contributed by atoms with E-state index in [1.807, 2.05) is 12.1 Å². The molecular formula is C21H20N4O3S2. The van der Waals surface area contributed by atoms with E-state index in [0.29, 0.717) is 29.2 Å². The molecule has 0 unspecified atom stereocenters. The molecule has 0 radical (unpaired) electrons. The zero-order valence-electron chi connectivity index (χ0n) is 16.3. The smallest absolute Gasteiger partial charge is 0.263 e. The third kappa shape index (κ3) is 3.30. The van der Waals surface area contributed by atoms with E-state index >= 15 is 0 Å². The summed E-state index contributed by atoms with van der Waals surface area (Å²) in [5, 5.41) is 5.56. The lowest BCUT2D eigenvalue weighted by molar-refractivity contribution is 0.375. The van der Waals surface area contributed by atoms with Crippen LogP contribution in [0.5, 0.6) is 0 Å². The molecule has 9 heteroatoms. The third-order valence-corrected chi connectivity index (χ3v) is 7.83. The van der Waals surface area contributed by atoms with Gasteiger partial charge in [-0.15, -0.1) is 11.3 Å². The van der Waals surface area contributed by atoms with Gasteiger partial charge in [0.05, 0.1) is 23.9 Å². The standard InChI is InChI=1S/C21H20N4O3S2/c26-20-17-14-5-1-2-6-15(14)30-19(17)23-21(25(20)10-13-4-3-9-27-13)29-11-16-22-18(28-24-16)12-7-8-12/h3-4,9,12H,1-2,5-8,10-11H2. The van der Waals surface area contributed by atoms with Gasteiger partial charge in [0.1, 0.15) is 10.6 Å². The van der Waals surface area contributed by atoms with Crippen LogP contribution in [0.3, 0.4) is 0 Å². The van der Waals surface area contributed by atoms with Gasteiger partial charge in [0, 0.05) is 10.8 Å². The molecule has 0 saturated heterocycles. The second-order valence-electron chi connectivity index (χ2n) is 7.87. The van der Waals surface area contributed by atoms with Crippen LogP contribution in [0.25, 0.3) is 10.2 Å². The Hall–Kier alpha value is -2.39. The summed E-state index contributed by atoms with van der Waals surface area (Å²) in [6, 6.07) is 3.72. The van der Waals surface area contributed by atoms with Gasteiger partial charge >= 0.3 is 0 Å². The first kappa shape index (κ1) is 18.4. The van der Waals surface area contributed by atoms with Crippen molar-refractivity contribution in [2.24, 2.45) is 0 Å². The summed E-state index contributed by atoms with van der Waals surface area (Å²) in [5.74, 6) is 3.05. The molecule has 0 spiro atoms. The molecule has 30 heavy (non-hydrogen) atoms. The summed E-state index contributed by atoms with van der Waals surface area (Å²) in [6.45, 7) is 0.362. The SMILES string of the molecule is O=c1c2c3c(sc2nc(SCc2noc(C4CC4)n2)n1Cc1ccco1)CCCC3. The predicted molar refractivity (Wildman–Crippen MR) is 114 cm³/mol. The molecule has 2 aliphatic carbocycles. The summed E-state index contributed by atoms with van der Waals surface area (Å²) in [5.41, 5.74) is 1.22. The van der Waals surface area contributed by atoms with Gasteiger partial charge < -0.3 is 8.94 Å². The van der Waals surface area contributed by atoms with Crippen LogP contribution in [0.1, 0.15) is 59.5 Å². The maximum absolute atomic E-state index is 13.5. The largest absolute Gasteiger partial charge is 0.467 e. The summed E-state index contributed by atoms with van der Waals surface area (Å²) in [7, 11) is 0. The predicted octanol–water partition coefficient (Wildman–Crippen LogP) is 4.53. The fourth-order valence-electron chi connectivity index (χ4n) is 3.98. The molecule has 0 N–H and O–H groups in total. The van der Waals surface area contributed by atoms with Crippen molar-refractivity contribution in [2.45, 2.75) is 61.9 Å². The average Bonchev–Trinajstić information content (AvgIpc) is 3.16. The minimum atomic E-state index is 0.0186. The van der Waals surface area contributed by atoms with Crippen LogP contribution in [0.2, 0.25) is 0 Å². The van der Waals surface area contributed by atoms with Gasteiger partial charge in [-0.2, -0.15) is 4.98 Å². The minimum absolute atomic E-state index is 0.0186. The number of fused-ring (bicyclic) bond motifs is 3. The Morgan fingerprint density at radius 1 is 1.23 bits per heavy atom. The van der Waals surface area contributed by atoms with Crippen molar-refractivity contribution in [3.05, 3.63) is 56.7 Å². The first-order chi connectivity index (χ1) is 14.8. The molecular weight excluding hydrogens is 420 g/mol. The van der Waals surface area contributed by atoms with Gasteiger partial charge in [-0.1, -0.05) is 16.9 Å². The summed E-state index contributed by atoms with van der Waals surface area (Å²) < 4.78 is 12.6. The molecule has 0 atom stereocenters.